The van der Waals surface area contributed by atoms with Gasteiger partial charge in [-0.05, 0) is 36.3 Å². The largest absolute Gasteiger partial charge is 0.379 e. The monoisotopic (exact) mass is 349 g/mol. The summed E-state index contributed by atoms with van der Waals surface area (Å²) >= 11 is 5.19. The van der Waals surface area contributed by atoms with Crippen LogP contribution >= 0.6 is 12.2 Å². The fourth-order valence-corrected chi connectivity index (χ4v) is 2.83. The quantitative estimate of drug-likeness (QED) is 0.586. The van der Waals surface area contributed by atoms with Crippen LogP contribution in [0.1, 0.15) is 38.2 Å². The number of nitrogens with one attached hydrogen (secondary N) is 2. The molecule has 132 valence electrons. The molecule has 0 aromatic heterocycles. The van der Waals surface area contributed by atoms with Crippen molar-refractivity contribution >= 4 is 28.9 Å². The van der Waals surface area contributed by atoms with E-state index >= 15 is 0 Å². The number of rotatable bonds is 7. The van der Waals surface area contributed by atoms with Crippen molar-refractivity contribution in [1.82, 2.24) is 10.2 Å². The summed E-state index contributed by atoms with van der Waals surface area (Å²) in [4.78, 5) is 14.1. The lowest BCUT2D eigenvalue weighted by atomic mass is 10.2. The summed E-state index contributed by atoms with van der Waals surface area (Å²) in [5.74, 6) is -0.0233. The number of hydrogen-bond acceptors (Lipinski definition) is 4. The van der Waals surface area contributed by atoms with E-state index in [1.54, 1.807) is 0 Å². The summed E-state index contributed by atoms with van der Waals surface area (Å²) in [6.45, 7) is 6.63. The van der Waals surface area contributed by atoms with Gasteiger partial charge in [0.15, 0.2) is 5.11 Å². The van der Waals surface area contributed by atoms with Gasteiger partial charge in [-0.3, -0.25) is 9.69 Å². The minimum Gasteiger partial charge on any atom is -0.379 e. The Morgan fingerprint density at radius 1 is 1.21 bits per heavy atom. The zero-order valence-corrected chi connectivity index (χ0v) is 15.2. The first-order valence-electron chi connectivity index (χ1n) is 8.67. The van der Waals surface area contributed by atoms with E-state index in [2.05, 4.69) is 34.6 Å². The van der Waals surface area contributed by atoms with E-state index in [0.717, 1.165) is 57.8 Å². The molecule has 0 bridgehead atoms. The van der Waals surface area contributed by atoms with Crippen LogP contribution in [0.25, 0.3) is 0 Å². The Kier molecular flexibility index (Phi) is 8.15. The molecule has 1 fully saturated rings. The molecule has 1 aromatic rings. The number of amides is 1. The van der Waals surface area contributed by atoms with E-state index in [9.17, 15) is 4.79 Å². The summed E-state index contributed by atoms with van der Waals surface area (Å²) in [5.41, 5.74) is 2.15. The second kappa shape index (κ2) is 10.4. The second-order valence-electron chi connectivity index (χ2n) is 6.04. The molecule has 0 unspecified atom stereocenters. The first-order chi connectivity index (χ1) is 11.7. The van der Waals surface area contributed by atoms with Crippen molar-refractivity contribution in [3.05, 3.63) is 29.8 Å². The molecule has 0 radical (unpaired) electrons. The second-order valence-corrected chi connectivity index (χ2v) is 6.45. The molecule has 1 aliphatic heterocycles. The third-order valence-corrected chi connectivity index (χ3v) is 4.19. The molecule has 0 aliphatic carbocycles. The van der Waals surface area contributed by atoms with Crippen LogP contribution in [0.5, 0.6) is 0 Å². The van der Waals surface area contributed by atoms with Crippen LogP contribution in [0.3, 0.4) is 0 Å². The molecule has 5 nitrogen and oxygen atoms in total. The molecular weight excluding hydrogens is 322 g/mol. The molecule has 1 heterocycles. The van der Waals surface area contributed by atoms with Crippen LogP contribution in [0.15, 0.2) is 24.3 Å². The van der Waals surface area contributed by atoms with E-state index in [4.69, 9.17) is 17.0 Å². The molecule has 1 saturated heterocycles. The zero-order chi connectivity index (χ0) is 17.2. The lowest BCUT2D eigenvalue weighted by Gasteiger charge is -2.26. The first kappa shape index (κ1) is 18.8. The summed E-state index contributed by atoms with van der Waals surface area (Å²) < 4.78 is 5.36. The molecule has 6 heteroatoms. The maximum Gasteiger partial charge on any atom is 0.226 e. The Labute approximate surface area is 149 Å². The standard InChI is InChI=1S/C18H27N3O2S/c1-2-3-4-5-17(22)20-18(24)19-16-8-6-15(7-9-16)14-21-10-12-23-13-11-21/h6-9H,2-5,10-14H2,1H3,(H2,19,20,22,24). The average molecular weight is 350 g/mol. The minimum atomic E-state index is -0.0233. The fraction of sp³-hybridized carbons (Fsp3) is 0.556. The predicted molar refractivity (Wildman–Crippen MR) is 101 cm³/mol. The van der Waals surface area contributed by atoms with Gasteiger partial charge >= 0.3 is 0 Å². The third-order valence-electron chi connectivity index (χ3n) is 3.98. The molecule has 1 aliphatic rings. The van der Waals surface area contributed by atoms with Crippen LogP contribution in [-0.4, -0.2) is 42.2 Å². The van der Waals surface area contributed by atoms with E-state index in [-0.39, 0.29) is 5.91 Å². The number of unbranched alkanes of at least 4 members (excludes halogenated alkanes) is 2. The summed E-state index contributed by atoms with van der Waals surface area (Å²) in [6.07, 6.45) is 3.60. The third kappa shape index (κ3) is 6.95. The number of carbonyl (C=O) groups excluding carboxylic acids is 1. The Morgan fingerprint density at radius 3 is 2.58 bits per heavy atom. The van der Waals surface area contributed by atoms with Crippen molar-refractivity contribution in [2.45, 2.75) is 39.2 Å². The van der Waals surface area contributed by atoms with Crippen LogP contribution in [0.4, 0.5) is 5.69 Å². The van der Waals surface area contributed by atoms with Gasteiger partial charge in [-0.1, -0.05) is 31.9 Å². The number of carbonyl (C=O) groups is 1. The van der Waals surface area contributed by atoms with Crippen molar-refractivity contribution in [2.75, 3.05) is 31.6 Å². The summed E-state index contributed by atoms with van der Waals surface area (Å²) in [6, 6.07) is 8.16. The number of ether oxygens (including phenoxy) is 1. The van der Waals surface area contributed by atoms with Crippen LogP contribution in [-0.2, 0) is 16.1 Å². The molecular formula is C18H27N3O2S. The Balaban J connectivity index is 1.74. The van der Waals surface area contributed by atoms with Crippen LogP contribution in [0.2, 0.25) is 0 Å². The predicted octanol–water partition coefficient (Wildman–Crippen LogP) is 2.91. The zero-order valence-electron chi connectivity index (χ0n) is 14.3. The van der Waals surface area contributed by atoms with Crippen molar-refractivity contribution in [3.63, 3.8) is 0 Å². The fourth-order valence-electron chi connectivity index (χ4n) is 2.60. The lowest BCUT2D eigenvalue weighted by Crippen LogP contribution is -2.35. The van der Waals surface area contributed by atoms with E-state index in [1.807, 2.05) is 12.1 Å². The van der Waals surface area contributed by atoms with Gasteiger partial charge in [0.25, 0.3) is 0 Å². The topological polar surface area (TPSA) is 53.6 Å². The van der Waals surface area contributed by atoms with Gasteiger partial charge in [0.05, 0.1) is 13.2 Å². The van der Waals surface area contributed by atoms with Crippen LogP contribution in [0, 0.1) is 0 Å². The highest BCUT2D eigenvalue weighted by atomic mass is 32.1. The van der Waals surface area contributed by atoms with E-state index in [1.165, 1.54) is 5.56 Å². The molecule has 1 aromatic carbocycles. The normalized spacial score (nSPS) is 15.0. The average Bonchev–Trinajstić information content (AvgIpc) is 2.58. The van der Waals surface area contributed by atoms with Gasteiger partial charge in [-0.2, -0.15) is 0 Å². The van der Waals surface area contributed by atoms with Gasteiger partial charge in [-0.25, -0.2) is 0 Å². The molecule has 24 heavy (non-hydrogen) atoms. The lowest BCUT2D eigenvalue weighted by molar-refractivity contribution is -0.119. The Morgan fingerprint density at radius 2 is 1.92 bits per heavy atom. The molecule has 0 atom stereocenters. The molecule has 2 rings (SSSR count). The van der Waals surface area contributed by atoms with Crippen LogP contribution < -0.4 is 10.6 Å². The van der Waals surface area contributed by atoms with Crippen molar-refractivity contribution in [1.29, 1.82) is 0 Å². The van der Waals surface area contributed by atoms with Gasteiger partial charge in [-0.15, -0.1) is 0 Å². The number of thiocarbonyl (C=S) groups is 1. The highest BCUT2D eigenvalue weighted by Crippen LogP contribution is 2.12. The van der Waals surface area contributed by atoms with Crippen molar-refractivity contribution < 1.29 is 9.53 Å². The minimum absolute atomic E-state index is 0.0233. The number of benzene rings is 1. The van der Waals surface area contributed by atoms with Gasteiger partial charge in [0.1, 0.15) is 0 Å². The number of morpholine rings is 1. The Bertz CT molecular complexity index is 528. The van der Waals surface area contributed by atoms with Gasteiger partial charge < -0.3 is 15.4 Å². The highest BCUT2D eigenvalue weighted by Gasteiger charge is 2.10. The maximum atomic E-state index is 11.7. The number of nitrogens with zero attached hydrogens (tertiary/aromatic N) is 1. The summed E-state index contributed by atoms with van der Waals surface area (Å²) in [5, 5.41) is 6.15. The van der Waals surface area contributed by atoms with Crippen molar-refractivity contribution in [2.24, 2.45) is 0 Å². The maximum absolute atomic E-state index is 11.7. The van der Waals surface area contributed by atoms with E-state index < -0.39 is 0 Å². The van der Waals surface area contributed by atoms with Gasteiger partial charge in [0, 0.05) is 31.7 Å². The Hall–Kier alpha value is -1.50. The molecule has 0 saturated carbocycles. The molecule has 2 N–H and O–H groups in total. The molecule has 1 amide bonds. The first-order valence-corrected chi connectivity index (χ1v) is 9.08. The summed E-state index contributed by atoms with van der Waals surface area (Å²) in [7, 11) is 0. The van der Waals surface area contributed by atoms with Crippen molar-refractivity contribution in [3.8, 4) is 0 Å². The smallest absolute Gasteiger partial charge is 0.226 e. The van der Waals surface area contributed by atoms with E-state index in [0.29, 0.717) is 11.5 Å². The number of anilines is 1. The van der Waals surface area contributed by atoms with Gasteiger partial charge in [0.2, 0.25) is 5.91 Å². The SMILES string of the molecule is CCCCCC(=O)NC(=S)Nc1ccc(CN2CCOCC2)cc1. The molecule has 0 spiro atoms. The highest BCUT2D eigenvalue weighted by molar-refractivity contribution is 7.80. The number of hydrogen-bond donors (Lipinski definition) is 2.